The van der Waals surface area contributed by atoms with Gasteiger partial charge in [0.05, 0.1) is 24.6 Å². The van der Waals surface area contributed by atoms with Gasteiger partial charge in [0.1, 0.15) is 15.8 Å². The largest absolute Gasteiger partial charge is 0.468 e. The summed E-state index contributed by atoms with van der Waals surface area (Å²) >= 11 is 3.90. The third-order valence-corrected chi connectivity index (χ3v) is 6.00. The van der Waals surface area contributed by atoms with Gasteiger partial charge in [-0.1, -0.05) is 0 Å². The van der Waals surface area contributed by atoms with Gasteiger partial charge in [0.25, 0.3) is 0 Å². The molecule has 0 bridgehead atoms. The van der Waals surface area contributed by atoms with E-state index < -0.39 is 34.6 Å². The van der Waals surface area contributed by atoms with Gasteiger partial charge >= 0.3 is 11.9 Å². The molecule has 1 aromatic heterocycles. The first-order valence-electron chi connectivity index (χ1n) is 5.35. The Balaban J connectivity index is 3.11. The molecule has 0 aliphatic carbocycles. The number of esters is 2. The number of rotatable bonds is 6. The number of methoxy groups -OCH3 is 2. The fourth-order valence-electron chi connectivity index (χ4n) is 1.29. The SMILES string of the molecule is COC(=O)c1cc(S(=O)(=O)NC(CO)C(=O)OC)c(Br)s1. The standard InChI is InChI=1S/C10H12BrNO7S2/c1-18-9(14)5(4-13)12-21(16,17)7-3-6(10(15)19-2)20-8(7)11/h3,5,12-13H,4H2,1-2H3. The molecule has 0 amide bonds. The quantitative estimate of drug-likeness (QED) is 0.649. The van der Waals surface area contributed by atoms with Crippen molar-refractivity contribution < 1.29 is 32.6 Å². The highest BCUT2D eigenvalue weighted by atomic mass is 79.9. The van der Waals surface area contributed by atoms with Gasteiger partial charge in [-0.3, -0.25) is 4.79 Å². The fourth-order valence-corrected chi connectivity index (χ4v) is 4.95. The maximum Gasteiger partial charge on any atom is 0.348 e. The van der Waals surface area contributed by atoms with Gasteiger partial charge in [-0.25, -0.2) is 13.2 Å². The van der Waals surface area contributed by atoms with Crippen LogP contribution in [-0.4, -0.2) is 52.3 Å². The first-order valence-corrected chi connectivity index (χ1v) is 8.44. The van der Waals surface area contributed by atoms with Crippen molar-refractivity contribution in [2.75, 3.05) is 20.8 Å². The maximum absolute atomic E-state index is 12.2. The van der Waals surface area contributed by atoms with E-state index in [0.717, 1.165) is 24.5 Å². The van der Waals surface area contributed by atoms with Crippen LogP contribution in [0.3, 0.4) is 0 Å². The summed E-state index contributed by atoms with van der Waals surface area (Å²) in [6.45, 7) is -0.766. The molecule has 0 aromatic carbocycles. The Morgan fingerprint density at radius 2 is 2.05 bits per heavy atom. The van der Waals surface area contributed by atoms with E-state index in [-0.39, 0.29) is 13.6 Å². The number of hydrogen-bond acceptors (Lipinski definition) is 8. The highest BCUT2D eigenvalue weighted by molar-refractivity contribution is 9.11. The summed E-state index contributed by atoms with van der Waals surface area (Å²) in [5.74, 6) is -1.62. The van der Waals surface area contributed by atoms with Crippen LogP contribution < -0.4 is 4.72 Å². The molecule has 1 heterocycles. The number of hydrogen-bond donors (Lipinski definition) is 2. The van der Waals surface area contributed by atoms with Crippen LogP contribution in [0.4, 0.5) is 0 Å². The fraction of sp³-hybridized carbons (Fsp3) is 0.400. The molecule has 0 spiro atoms. The van der Waals surface area contributed by atoms with Crippen molar-refractivity contribution in [1.82, 2.24) is 4.72 Å². The van der Waals surface area contributed by atoms with Crippen molar-refractivity contribution >= 4 is 49.2 Å². The number of ether oxygens (including phenoxy) is 2. The van der Waals surface area contributed by atoms with Gasteiger partial charge < -0.3 is 14.6 Å². The minimum Gasteiger partial charge on any atom is -0.468 e. The molecular formula is C10H12BrNO7S2. The van der Waals surface area contributed by atoms with Crippen molar-refractivity contribution in [3.63, 3.8) is 0 Å². The Morgan fingerprint density at radius 3 is 2.52 bits per heavy atom. The lowest BCUT2D eigenvalue weighted by molar-refractivity contribution is -0.143. The molecule has 0 aliphatic heterocycles. The van der Waals surface area contributed by atoms with E-state index in [1.807, 2.05) is 4.72 Å². The summed E-state index contributed by atoms with van der Waals surface area (Å²) < 4.78 is 35.3. The number of aliphatic hydroxyl groups excluding tert-OH is 1. The number of thiophene rings is 1. The van der Waals surface area contributed by atoms with Crippen LogP contribution in [-0.2, 0) is 24.3 Å². The lowest BCUT2D eigenvalue weighted by atomic mass is 10.3. The predicted molar refractivity (Wildman–Crippen MR) is 76.6 cm³/mol. The van der Waals surface area contributed by atoms with Crippen molar-refractivity contribution in [3.05, 3.63) is 14.7 Å². The number of carbonyl (C=O) groups excluding carboxylic acids is 2. The summed E-state index contributed by atoms with van der Waals surface area (Å²) in [5, 5.41) is 9.03. The molecule has 1 aromatic rings. The third kappa shape index (κ3) is 4.23. The lowest BCUT2D eigenvalue weighted by Gasteiger charge is -2.13. The molecule has 1 unspecified atom stereocenters. The predicted octanol–water partition coefficient (Wildman–Crippen LogP) is 0.109. The minimum absolute atomic E-state index is 0.0726. The van der Waals surface area contributed by atoms with E-state index in [2.05, 4.69) is 25.4 Å². The van der Waals surface area contributed by atoms with Crippen LogP contribution >= 0.6 is 27.3 Å². The molecule has 118 valence electrons. The Kier molecular flexibility index (Phi) is 6.28. The molecule has 0 fully saturated rings. The number of carbonyl (C=O) groups is 2. The van der Waals surface area contributed by atoms with E-state index in [1.54, 1.807) is 0 Å². The molecule has 1 atom stereocenters. The number of halogens is 1. The zero-order valence-corrected chi connectivity index (χ0v) is 14.2. The lowest BCUT2D eigenvalue weighted by Crippen LogP contribution is -2.43. The molecule has 0 radical (unpaired) electrons. The molecule has 2 N–H and O–H groups in total. The monoisotopic (exact) mass is 401 g/mol. The number of aliphatic hydroxyl groups is 1. The number of sulfonamides is 1. The van der Waals surface area contributed by atoms with Crippen molar-refractivity contribution in [2.45, 2.75) is 10.9 Å². The Morgan fingerprint density at radius 1 is 1.43 bits per heavy atom. The van der Waals surface area contributed by atoms with E-state index in [0.29, 0.717) is 0 Å². The first-order chi connectivity index (χ1) is 9.76. The second-order valence-electron chi connectivity index (χ2n) is 3.62. The Bertz CT molecular complexity index is 640. The molecule has 0 saturated carbocycles. The van der Waals surface area contributed by atoms with Crippen molar-refractivity contribution in [1.29, 1.82) is 0 Å². The van der Waals surface area contributed by atoms with Crippen LogP contribution in [0.15, 0.2) is 14.7 Å². The van der Waals surface area contributed by atoms with E-state index in [4.69, 9.17) is 5.11 Å². The third-order valence-electron chi connectivity index (χ3n) is 2.30. The zero-order valence-electron chi connectivity index (χ0n) is 11.0. The van der Waals surface area contributed by atoms with Crippen molar-refractivity contribution in [2.24, 2.45) is 0 Å². The summed E-state index contributed by atoms with van der Waals surface area (Å²) in [6, 6.07) is -0.331. The summed E-state index contributed by atoms with van der Waals surface area (Å²) in [5.41, 5.74) is 0. The van der Waals surface area contributed by atoms with Gasteiger partial charge in [-0.15, -0.1) is 11.3 Å². The van der Waals surface area contributed by atoms with E-state index >= 15 is 0 Å². The normalized spacial score (nSPS) is 12.8. The van der Waals surface area contributed by atoms with Gasteiger partial charge in [-0.05, 0) is 22.0 Å². The molecular weight excluding hydrogens is 390 g/mol. The highest BCUT2D eigenvalue weighted by Gasteiger charge is 2.29. The van der Waals surface area contributed by atoms with Crippen LogP contribution in [0.25, 0.3) is 0 Å². The second kappa shape index (κ2) is 7.31. The summed E-state index contributed by atoms with van der Waals surface area (Å²) in [6.07, 6.45) is 0. The van der Waals surface area contributed by atoms with Gasteiger partial charge in [0.2, 0.25) is 10.0 Å². The molecule has 0 aliphatic rings. The van der Waals surface area contributed by atoms with Crippen LogP contribution in [0, 0.1) is 0 Å². The molecule has 21 heavy (non-hydrogen) atoms. The van der Waals surface area contributed by atoms with Crippen LogP contribution in [0.1, 0.15) is 9.67 Å². The minimum atomic E-state index is -4.13. The highest BCUT2D eigenvalue weighted by Crippen LogP contribution is 2.32. The molecule has 0 saturated heterocycles. The second-order valence-corrected chi connectivity index (χ2v) is 7.67. The van der Waals surface area contributed by atoms with E-state index in [1.165, 1.54) is 7.11 Å². The summed E-state index contributed by atoms with van der Waals surface area (Å²) in [4.78, 5) is 22.5. The molecule has 8 nitrogen and oxygen atoms in total. The topological polar surface area (TPSA) is 119 Å². The number of nitrogens with one attached hydrogen (secondary N) is 1. The van der Waals surface area contributed by atoms with Crippen molar-refractivity contribution in [3.8, 4) is 0 Å². The smallest absolute Gasteiger partial charge is 0.348 e. The Hall–Kier alpha value is -1.01. The molecule has 11 heteroatoms. The zero-order chi connectivity index (χ0) is 16.2. The summed E-state index contributed by atoms with van der Waals surface area (Å²) in [7, 11) is -1.90. The molecule has 1 rings (SSSR count). The Labute approximate surface area is 133 Å². The first kappa shape index (κ1) is 18.0. The van der Waals surface area contributed by atoms with Gasteiger partial charge in [0, 0.05) is 0 Å². The van der Waals surface area contributed by atoms with Crippen LogP contribution in [0.5, 0.6) is 0 Å². The van der Waals surface area contributed by atoms with Gasteiger partial charge in [-0.2, -0.15) is 4.72 Å². The average molecular weight is 402 g/mol. The van der Waals surface area contributed by atoms with Crippen LogP contribution in [0.2, 0.25) is 0 Å². The maximum atomic E-state index is 12.2. The van der Waals surface area contributed by atoms with Gasteiger partial charge in [0.15, 0.2) is 0 Å². The average Bonchev–Trinajstić information content (AvgIpc) is 2.85. The van der Waals surface area contributed by atoms with E-state index in [9.17, 15) is 18.0 Å².